The van der Waals surface area contributed by atoms with Gasteiger partial charge in [0.2, 0.25) is 0 Å². The van der Waals surface area contributed by atoms with Crippen molar-refractivity contribution in [1.29, 1.82) is 0 Å². The predicted octanol–water partition coefficient (Wildman–Crippen LogP) is 4.87. The van der Waals surface area contributed by atoms with E-state index < -0.39 is 10.0 Å². The molecular formula is C25H28N2O3S. The summed E-state index contributed by atoms with van der Waals surface area (Å²) >= 11 is 0. The molecule has 5 nitrogen and oxygen atoms in total. The van der Waals surface area contributed by atoms with Crippen LogP contribution in [0.4, 0.5) is 5.69 Å². The van der Waals surface area contributed by atoms with Crippen LogP contribution in [-0.4, -0.2) is 32.3 Å². The van der Waals surface area contributed by atoms with Crippen molar-refractivity contribution in [2.24, 2.45) is 0 Å². The Morgan fingerprint density at radius 3 is 2.16 bits per heavy atom. The largest absolute Gasteiger partial charge is 0.332 e. The molecule has 31 heavy (non-hydrogen) atoms. The molecule has 0 unspecified atom stereocenters. The summed E-state index contributed by atoms with van der Waals surface area (Å²) in [7, 11) is -2.28. The average Bonchev–Trinajstić information content (AvgIpc) is 2.77. The van der Waals surface area contributed by atoms with Crippen LogP contribution in [0.2, 0.25) is 0 Å². The summed E-state index contributed by atoms with van der Waals surface area (Å²) < 4.78 is 27.6. The monoisotopic (exact) mass is 436 g/mol. The lowest BCUT2D eigenvalue weighted by Gasteiger charge is -2.27. The van der Waals surface area contributed by atoms with Crippen molar-refractivity contribution in [3.8, 4) is 0 Å². The lowest BCUT2D eigenvalue weighted by molar-refractivity contribution is 0.0690. The standard InChI is InChI=1S/C25H28N2O3S/c1-19(2)27(18-21-9-6-5-7-10-21)25(28)22-11-8-12-24(17-22)31(29,30)26(4)23-15-13-20(3)14-16-23/h5-17,19H,18H2,1-4H3. The van der Waals surface area contributed by atoms with Crippen molar-refractivity contribution >= 4 is 21.6 Å². The Morgan fingerprint density at radius 2 is 1.55 bits per heavy atom. The Labute approximate surface area is 185 Å². The Hall–Kier alpha value is -3.12. The molecule has 0 bridgehead atoms. The van der Waals surface area contributed by atoms with Gasteiger partial charge in [0.25, 0.3) is 15.9 Å². The number of aryl methyl sites for hydroxylation is 1. The Balaban J connectivity index is 1.90. The van der Waals surface area contributed by atoms with E-state index in [0.717, 1.165) is 11.1 Å². The third kappa shape index (κ3) is 5.14. The molecule has 0 saturated heterocycles. The first-order valence-corrected chi connectivity index (χ1v) is 11.6. The van der Waals surface area contributed by atoms with E-state index in [9.17, 15) is 13.2 Å². The van der Waals surface area contributed by atoms with Crippen LogP contribution in [0, 0.1) is 6.92 Å². The SMILES string of the molecule is Cc1ccc(N(C)S(=O)(=O)c2cccc(C(=O)N(Cc3ccccc3)C(C)C)c2)cc1. The summed E-state index contributed by atoms with van der Waals surface area (Å²) in [6, 6.07) is 23.2. The average molecular weight is 437 g/mol. The van der Waals surface area contributed by atoms with Crippen LogP contribution in [-0.2, 0) is 16.6 Å². The summed E-state index contributed by atoms with van der Waals surface area (Å²) in [5.41, 5.74) is 2.99. The molecule has 0 heterocycles. The predicted molar refractivity (Wildman–Crippen MR) is 125 cm³/mol. The molecule has 0 N–H and O–H groups in total. The van der Waals surface area contributed by atoms with E-state index in [1.165, 1.54) is 23.5 Å². The van der Waals surface area contributed by atoms with Crippen LogP contribution >= 0.6 is 0 Å². The Morgan fingerprint density at radius 1 is 0.903 bits per heavy atom. The van der Waals surface area contributed by atoms with Crippen LogP contribution < -0.4 is 4.31 Å². The second kappa shape index (κ2) is 9.35. The van der Waals surface area contributed by atoms with Crippen LogP contribution in [0.5, 0.6) is 0 Å². The van der Waals surface area contributed by atoms with Crippen molar-refractivity contribution in [2.75, 3.05) is 11.4 Å². The van der Waals surface area contributed by atoms with Crippen molar-refractivity contribution < 1.29 is 13.2 Å². The molecule has 0 fully saturated rings. The number of hydrogen-bond donors (Lipinski definition) is 0. The minimum absolute atomic E-state index is 0.0387. The van der Waals surface area contributed by atoms with Crippen molar-refractivity contribution in [3.63, 3.8) is 0 Å². The van der Waals surface area contributed by atoms with Crippen molar-refractivity contribution in [3.05, 3.63) is 95.6 Å². The van der Waals surface area contributed by atoms with Gasteiger partial charge in [-0.1, -0.05) is 54.1 Å². The lowest BCUT2D eigenvalue weighted by Crippen LogP contribution is -2.36. The van der Waals surface area contributed by atoms with E-state index in [2.05, 4.69) is 0 Å². The molecule has 3 rings (SSSR count). The molecule has 0 aliphatic heterocycles. The van der Waals surface area contributed by atoms with Gasteiger partial charge in [0.1, 0.15) is 0 Å². The summed E-state index contributed by atoms with van der Waals surface area (Å²) in [4.78, 5) is 15.1. The molecule has 0 spiro atoms. The Bertz CT molecular complexity index is 1140. The zero-order valence-electron chi connectivity index (χ0n) is 18.3. The van der Waals surface area contributed by atoms with Crippen LogP contribution in [0.25, 0.3) is 0 Å². The first kappa shape index (κ1) is 22.6. The van der Waals surface area contributed by atoms with E-state index in [1.807, 2.05) is 63.2 Å². The first-order chi connectivity index (χ1) is 14.7. The van der Waals surface area contributed by atoms with Gasteiger partial charge in [0, 0.05) is 25.2 Å². The van der Waals surface area contributed by atoms with Gasteiger partial charge in [-0.05, 0) is 56.7 Å². The molecule has 0 aliphatic carbocycles. The highest BCUT2D eigenvalue weighted by atomic mass is 32.2. The summed E-state index contributed by atoms with van der Waals surface area (Å²) in [5, 5.41) is 0. The van der Waals surface area contributed by atoms with E-state index in [-0.39, 0.29) is 16.8 Å². The van der Waals surface area contributed by atoms with E-state index in [1.54, 1.807) is 29.2 Å². The fourth-order valence-electron chi connectivity index (χ4n) is 3.28. The first-order valence-electron chi connectivity index (χ1n) is 10.2. The van der Waals surface area contributed by atoms with Crippen LogP contribution in [0.1, 0.15) is 35.3 Å². The molecular weight excluding hydrogens is 408 g/mol. The van der Waals surface area contributed by atoms with Gasteiger partial charge in [-0.2, -0.15) is 0 Å². The van der Waals surface area contributed by atoms with Gasteiger partial charge in [0.15, 0.2) is 0 Å². The maximum atomic E-state index is 13.3. The molecule has 1 amide bonds. The number of benzene rings is 3. The minimum atomic E-state index is -3.80. The van der Waals surface area contributed by atoms with Gasteiger partial charge in [0.05, 0.1) is 10.6 Å². The third-order valence-corrected chi connectivity index (χ3v) is 7.00. The molecule has 0 aromatic heterocycles. The quantitative estimate of drug-likeness (QED) is 0.531. The fourth-order valence-corrected chi connectivity index (χ4v) is 4.52. The van der Waals surface area contributed by atoms with Gasteiger partial charge in [-0.15, -0.1) is 0 Å². The molecule has 0 saturated carbocycles. The number of anilines is 1. The van der Waals surface area contributed by atoms with Crippen LogP contribution in [0.3, 0.4) is 0 Å². The second-order valence-corrected chi connectivity index (χ2v) is 9.82. The lowest BCUT2D eigenvalue weighted by atomic mass is 10.1. The van der Waals surface area contributed by atoms with E-state index in [4.69, 9.17) is 0 Å². The van der Waals surface area contributed by atoms with Gasteiger partial charge in [-0.25, -0.2) is 8.42 Å². The zero-order chi connectivity index (χ0) is 22.6. The number of nitrogens with zero attached hydrogens (tertiary/aromatic N) is 2. The molecule has 6 heteroatoms. The number of amides is 1. The van der Waals surface area contributed by atoms with Crippen molar-refractivity contribution in [1.82, 2.24) is 4.90 Å². The fraction of sp³-hybridized carbons (Fsp3) is 0.240. The summed E-state index contributed by atoms with van der Waals surface area (Å²) in [6.45, 7) is 6.31. The summed E-state index contributed by atoms with van der Waals surface area (Å²) in [5.74, 6) is -0.200. The molecule has 0 aliphatic rings. The number of carbonyl (C=O) groups is 1. The van der Waals surface area contributed by atoms with Gasteiger partial charge < -0.3 is 4.90 Å². The highest BCUT2D eigenvalue weighted by Gasteiger charge is 2.24. The summed E-state index contributed by atoms with van der Waals surface area (Å²) in [6.07, 6.45) is 0. The number of carbonyl (C=O) groups excluding carboxylic acids is 1. The second-order valence-electron chi connectivity index (χ2n) is 7.85. The molecule has 3 aromatic rings. The minimum Gasteiger partial charge on any atom is -0.332 e. The molecule has 3 aromatic carbocycles. The van der Waals surface area contributed by atoms with Gasteiger partial charge >= 0.3 is 0 Å². The number of sulfonamides is 1. The maximum absolute atomic E-state index is 13.3. The number of rotatable bonds is 7. The normalized spacial score (nSPS) is 11.4. The molecule has 162 valence electrons. The zero-order valence-corrected chi connectivity index (χ0v) is 19.1. The number of hydrogen-bond acceptors (Lipinski definition) is 3. The van der Waals surface area contributed by atoms with Crippen molar-refractivity contribution in [2.45, 2.75) is 38.3 Å². The van der Waals surface area contributed by atoms with Gasteiger partial charge in [-0.3, -0.25) is 9.10 Å². The van der Waals surface area contributed by atoms with E-state index >= 15 is 0 Å². The smallest absolute Gasteiger partial charge is 0.264 e. The molecule has 0 radical (unpaired) electrons. The maximum Gasteiger partial charge on any atom is 0.264 e. The third-order valence-electron chi connectivity index (χ3n) is 5.22. The Kier molecular flexibility index (Phi) is 6.81. The van der Waals surface area contributed by atoms with E-state index in [0.29, 0.717) is 17.8 Å². The molecule has 0 atom stereocenters. The highest BCUT2D eigenvalue weighted by molar-refractivity contribution is 7.92. The van der Waals surface area contributed by atoms with Crippen LogP contribution in [0.15, 0.2) is 83.8 Å². The highest BCUT2D eigenvalue weighted by Crippen LogP contribution is 2.24. The topological polar surface area (TPSA) is 57.7 Å².